The van der Waals surface area contributed by atoms with E-state index in [1.165, 1.54) is 30.3 Å². The van der Waals surface area contributed by atoms with Crippen molar-refractivity contribution in [2.24, 2.45) is 0 Å². The largest absolute Gasteiger partial charge is 0.419 e. The Kier molecular flexibility index (Phi) is 7.06. The molecular weight excluding hydrogens is 475 g/mol. The highest BCUT2D eigenvalue weighted by Gasteiger charge is 2.45. The van der Waals surface area contributed by atoms with Gasteiger partial charge in [-0.25, -0.2) is 18.7 Å². The molecule has 0 aliphatic carbocycles. The number of halogens is 5. The van der Waals surface area contributed by atoms with E-state index in [4.69, 9.17) is 4.74 Å². The number of anilines is 3. The number of amides is 1. The monoisotopic (exact) mass is 500 g/mol. The number of aromatic nitrogens is 3. The number of rotatable bonds is 7. The third-order valence-electron chi connectivity index (χ3n) is 6.01. The van der Waals surface area contributed by atoms with Crippen LogP contribution >= 0.6 is 0 Å². The van der Waals surface area contributed by atoms with E-state index in [2.05, 4.69) is 20.3 Å². The SMILES string of the molecule is COCCC(=O)N1CCC(c2cc(Nc3ncccc3C(F)(F)F)nc(N3CC(F)(F)C3)n2)CC1. The fraction of sp³-hybridized carbons (Fsp3) is 0.545. The second kappa shape index (κ2) is 9.88. The fourth-order valence-corrected chi connectivity index (χ4v) is 4.15. The van der Waals surface area contributed by atoms with Crippen LogP contribution in [0, 0.1) is 0 Å². The molecule has 0 radical (unpaired) electrons. The molecule has 2 aromatic heterocycles. The predicted octanol–water partition coefficient (Wildman–Crippen LogP) is 3.83. The Bertz CT molecular complexity index is 1050. The lowest BCUT2D eigenvalue weighted by Gasteiger charge is -2.39. The van der Waals surface area contributed by atoms with Gasteiger partial charge in [0, 0.05) is 38.4 Å². The van der Waals surface area contributed by atoms with Crippen LogP contribution in [0.1, 0.15) is 36.4 Å². The Hall–Kier alpha value is -3.09. The maximum Gasteiger partial charge on any atom is 0.419 e. The van der Waals surface area contributed by atoms with Gasteiger partial charge in [-0.2, -0.15) is 18.2 Å². The minimum absolute atomic E-state index is 0.0130. The number of alkyl halides is 5. The zero-order valence-corrected chi connectivity index (χ0v) is 19.0. The minimum atomic E-state index is -4.64. The first-order valence-electron chi connectivity index (χ1n) is 11.1. The van der Waals surface area contributed by atoms with Crippen molar-refractivity contribution < 1.29 is 31.5 Å². The van der Waals surface area contributed by atoms with Gasteiger partial charge in [0.1, 0.15) is 11.6 Å². The number of likely N-dealkylation sites (tertiary alicyclic amines) is 1. The van der Waals surface area contributed by atoms with Crippen LogP contribution in [0.5, 0.6) is 0 Å². The number of hydrogen-bond acceptors (Lipinski definition) is 7. The molecule has 2 aliphatic rings. The summed E-state index contributed by atoms with van der Waals surface area (Å²) in [5.41, 5.74) is -0.457. The molecule has 2 aromatic rings. The number of nitrogens with one attached hydrogen (secondary N) is 1. The molecule has 0 spiro atoms. The lowest BCUT2D eigenvalue weighted by atomic mass is 9.93. The molecule has 0 bridgehead atoms. The van der Waals surface area contributed by atoms with Crippen molar-refractivity contribution in [1.29, 1.82) is 0 Å². The van der Waals surface area contributed by atoms with Crippen molar-refractivity contribution in [3.05, 3.63) is 35.7 Å². The van der Waals surface area contributed by atoms with Crippen LogP contribution in [-0.2, 0) is 15.7 Å². The quantitative estimate of drug-likeness (QED) is 0.579. The molecule has 1 N–H and O–H groups in total. The van der Waals surface area contributed by atoms with Gasteiger partial charge in [-0.1, -0.05) is 0 Å². The molecule has 8 nitrogen and oxygen atoms in total. The number of ether oxygens (including phenoxy) is 1. The molecule has 0 saturated carbocycles. The number of methoxy groups -OCH3 is 1. The Morgan fingerprint density at radius 2 is 1.94 bits per heavy atom. The number of carbonyl (C=O) groups is 1. The maximum atomic E-state index is 13.5. The van der Waals surface area contributed by atoms with Gasteiger partial charge >= 0.3 is 6.18 Å². The van der Waals surface area contributed by atoms with Crippen LogP contribution in [0.25, 0.3) is 0 Å². The van der Waals surface area contributed by atoms with Crippen LogP contribution in [0.15, 0.2) is 24.4 Å². The topological polar surface area (TPSA) is 83.5 Å². The smallest absolute Gasteiger partial charge is 0.384 e. The fourth-order valence-electron chi connectivity index (χ4n) is 4.15. The Balaban J connectivity index is 1.57. The summed E-state index contributed by atoms with van der Waals surface area (Å²) >= 11 is 0. The zero-order valence-electron chi connectivity index (χ0n) is 19.0. The molecule has 0 aromatic carbocycles. The molecule has 190 valence electrons. The second-order valence-electron chi connectivity index (χ2n) is 8.61. The van der Waals surface area contributed by atoms with E-state index in [9.17, 15) is 26.7 Å². The van der Waals surface area contributed by atoms with Crippen molar-refractivity contribution in [3.8, 4) is 0 Å². The Morgan fingerprint density at radius 3 is 2.57 bits per heavy atom. The first-order valence-corrected chi connectivity index (χ1v) is 11.1. The maximum absolute atomic E-state index is 13.5. The molecule has 35 heavy (non-hydrogen) atoms. The molecule has 2 saturated heterocycles. The van der Waals surface area contributed by atoms with Crippen LogP contribution in [-0.4, -0.2) is 71.6 Å². The van der Waals surface area contributed by atoms with Crippen molar-refractivity contribution in [2.75, 3.05) is 50.1 Å². The summed E-state index contributed by atoms with van der Waals surface area (Å²) in [6.45, 7) is 0.154. The van der Waals surface area contributed by atoms with Gasteiger partial charge in [0.25, 0.3) is 5.92 Å². The first kappa shape index (κ1) is 25.0. The van der Waals surface area contributed by atoms with Gasteiger partial charge in [0.05, 0.1) is 37.4 Å². The highest BCUT2D eigenvalue weighted by Crippen LogP contribution is 2.37. The van der Waals surface area contributed by atoms with Gasteiger partial charge in [-0.3, -0.25) is 4.79 Å². The lowest BCUT2D eigenvalue weighted by Crippen LogP contribution is -2.57. The Labute approximate surface area is 198 Å². The molecule has 0 atom stereocenters. The number of pyridine rings is 1. The molecule has 4 rings (SSSR count). The number of piperidine rings is 1. The van der Waals surface area contributed by atoms with E-state index in [1.54, 1.807) is 4.90 Å². The van der Waals surface area contributed by atoms with Gasteiger partial charge in [-0.05, 0) is 25.0 Å². The van der Waals surface area contributed by atoms with Gasteiger partial charge in [-0.15, -0.1) is 0 Å². The normalized spacial score (nSPS) is 18.3. The third-order valence-corrected chi connectivity index (χ3v) is 6.01. The summed E-state index contributed by atoms with van der Waals surface area (Å²) < 4.78 is 72.1. The third kappa shape index (κ3) is 5.95. The van der Waals surface area contributed by atoms with Crippen LogP contribution in [0.4, 0.5) is 39.5 Å². The first-order chi connectivity index (χ1) is 16.6. The molecule has 0 unspecified atom stereocenters. The van der Waals surface area contributed by atoms with E-state index in [1.807, 2.05) is 0 Å². The van der Waals surface area contributed by atoms with E-state index in [-0.39, 0.29) is 30.0 Å². The van der Waals surface area contributed by atoms with E-state index >= 15 is 0 Å². The molecule has 1 amide bonds. The highest BCUT2D eigenvalue weighted by molar-refractivity contribution is 5.76. The van der Waals surface area contributed by atoms with Crippen molar-refractivity contribution in [2.45, 2.75) is 37.3 Å². The van der Waals surface area contributed by atoms with Crippen molar-refractivity contribution >= 4 is 23.5 Å². The average molecular weight is 500 g/mol. The van der Waals surface area contributed by atoms with Crippen LogP contribution in [0.3, 0.4) is 0 Å². The summed E-state index contributed by atoms with van der Waals surface area (Å²) in [6.07, 6.45) is -2.00. The van der Waals surface area contributed by atoms with Crippen LogP contribution in [0.2, 0.25) is 0 Å². The summed E-state index contributed by atoms with van der Waals surface area (Å²) in [5, 5.41) is 2.60. The van der Waals surface area contributed by atoms with E-state index in [0.29, 0.717) is 38.2 Å². The van der Waals surface area contributed by atoms with Crippen molar-refractivity contribution in [3.63, 3.8) is 0 Å². The van der Waals surface area contributed by atoms with Gasteiger partial charge in [0.15, 0.2) is 0 Å². The summed E-state index contributed by atoms with van der Waals surface area (Å²) in [4.78, 5) is 27.7. The number of carbonyl (C=O) groups excluding carboxylic acids is 1. The van der Waals surface area contributed by atoms with Gasteiger partial charge in [0.2, 0.25) is 11.9 Å². The van der Waals surface area contributed by atoms with E-state index in [0.717, 1.165) is 6.07 Å². The molecule has 2 aliphatic heterocycles. The second-order valence-corrected chi connectivity index (χ2v) is 8.61. The van der Waals surface area contributed by atoms with E-state index < -0.39 is 36.6 Å². The molecule has 13 heteroatoms. The van der Waals surface area contributed by atoms with Gasteiger partial charge < -0.3 is 19.9 Å². The summed E-state index contributed by atoms with van der Waals surface area (Å²) in [6, 6.07) is 3.59. The summed E-state index contributed by atoms with van der Waals surface area (Å²) in [5.74, 6) is -3.40. The number of nitrogens with zero attached hydrogens (tertiary/aromatic N) is 5. The molecule has 2 fully saturated rings. The highest BCUT2D eigenvalue weighted by atomic mass is 19.4. The average Bonchev–Trinajstić information content (AvgIpc) is 2.80. The Morgan fingerprint density at radius 1 is 1.23 bits per heavy atom. The zero-order chi connectivity index (χ0) is 25.2. The molecular formula is C22H25F5N6O2. The van der Waals surface area contributed by atoms with Crippen molar-refractivity contribution in [1.82, 2.24) is 19.9 Å². The standard InChI is InChI=1S/C22H25F5N6O2/c1-35-10-6-18(34)32-8-4-14(5-9-32)16-11-17(31-20(29-16)33-12-21(23,24)13-33)30-19-15(22(25,26)27)3-2-7-28-19/h2-3,7,11,14H,4-6,8-10,12-13H2,1H3,(H,28,29,30,31). The molecule has 4 heterocycles. The summed E-state index contributed by atoms with van der Waals surface area (Å²) in [7, 11) is 1.52. The predicted molar refractivity (Wildman–Crippen MR) is 117 cm³/mol. The minimum Gasteiger partial charge on any atom is -0.384 e. The number of hydrogen-bond donors (Lipinski definition) is 1. The lowest BCUT2D eigenvalue weighted by molar-refractivity contribution is -0.137. The van der Waals surface area contributed by atoms with Crippen LogP contribution < -0.4 is 10.2 Å².